The number of carbonyl (C=O) groups is 1. The number of hydrogen-bond acceptors (Lipinski definition) is 4. The quantitative estimate of drug-likeness (QED) is 0.881. The van der Waals surface area contributed by atoms with E-state index in [0.717, 1.165) is 22.5 Å². The number of nitrogens with zero attached hydrogens (tertiary/aromatic N) is 2. The van der Waals surface area contributed by atoms with E-state index in [4.69, 9.17) is 10.4 Å². The lowest BCUT2D eigenvalue weighted by molar-refractivity contribution is 0.0691. The molecule has 0 aliphatic carbocycles. The fraction of sp³-hybridized carbons (Fsp3) is 0.0833. The van der Waals surface area contributed by atoms with Crippen molar-refractivity contribution >= 4 is 17.3 Å². The summed E-state index contributed by atoms with van der Waals surface area (Å²) in [6, 6.07) is 9.40. The summed E-state index contributed by atoms with van der Waals surface area (Å²) >= 11 is 1.10. The Morgan fingerprint density at radius 2 is 2.18 bits per heavy atom. The van der Waals surface area contributed by atoms with Crippen LogP contribution in [0, 0.1) is 18.3 Å². The summed E-state index contributed by atoms with van der Waals surface area (Å²) in [6.07, 6.45) is 0. The maximum atomic E-state index is 10.9. The fourth-order valence-electron chi connectivity index (χ4n) is 1.47. The van der Waals surface area contributed by atoms with Crippen LogP contribution in [0.2, 0.25) is 0 Å². The van der Waals surface area contributed by atoms with Crippen molar-refractivity contribution < 1.29 is 9.90 Å². The topological polar surface area (TPSA) is 74.0 Å². The number of aromatic carboxylic acids is 1. The Labute approximate surface area is 102 Å². The molecule has 0 unspecified atom stereocenters. The molecule has 17 heavy (non-hydrogen) atoms. The largest absolute Gasteiger partial charge is 0.476 e. The van der Waals surface area contributed by atoms with Crippen LogP contribution in [-0.2, 0) is 0 Å². The van der Waals surface area contributed by atoms with Gasteiger partial charge in [0.15, 0.2) is 5.69 Å². The summed E-state index contributed by atoms with van der Waals surface area (Å²) in [7, 11) is 0. The van der Waals surface area contributed by atoms with Crippen LogP contribution in [-0.4, -0.2) is 16.1 Å². The third kappa shape index (κ3) is 2.03. The van der Waals surface area contributed by atoms with Gasteiger partial charge in [-0.3, -0.25) is 0 Å². The molecule has 1 aromatic heterocycles. The number of carboxylic acids is 1. The number of aromatic nitrogens is 1. The Morgan fingerprint density at radius 1 is 1.47 bits per heavy atom. The molecule has 1 N–H and O–H groups in total. The Kier molecular flexibility index (Phi) is 2.90. The highest BCUT2D eigenvalue weighted by Gasteiger charge is 2.18. The zero-order chi connectivity index (χ0) is 12.4. The molecule has 1 heterocycles. The molecule has 0 aliphatic heterocycles. The van der Waals surface area contributed by atoms with Crippen molar-refractivity contribution in [3.05, 3.63) is 40.4 Å². The first-order valence-electron chi connectivity index (χ1n) is 4.83. The van der Waals surface area contributed by atoms with E-state index in [1.165, 1.54) is 0 Å². The van der Waals surface area contributed by atoms with Gasteiger partial charge in [0, 0.05) is 5.56 Å². The Hall–Kier alpha value is -2.19. The van der Waals surface area contributed by atoms with E-state index in [9.17, 15) is 4.79 Å². The van der Waals surface area contributed by atoms with E-state index >= 15 is 0 Å². The molecular formula is C12H8N2O2S. The van der Waals surface area contributed by atoms with Crippen molar-refractivity contribution in [2.75, 3.05) is 0 Å². The first-order valence-corrected chi connectivity index (χ1v) is 5.65. The minimum atomic E-state index is -1.17. The fourth-order valence-corrected chi connectivity index (χ4v) is 2.41. The Morgan fingerprint density at radius 3 is 2.71 bits per heavy atom. The molecular weight excluding hydrogens is 236 g/mol. The molecule has 0 radical (unpaired) electrons. The third-order valence-corrected chi connectivity index (χ3v) is 3.30. The van der Waals surface area contributed by atoms with Gasteiger partial charge >= 0.3 is 5.97 Å². The van der Waals surface area contributed by atoms with Gasteiger partial charge in [-0.2, -0.15) is 5.26 Å². The molecule has 0 fully saturated rings. The van der Waals surface area contributed by atoms with E-state index < -0.39 is 5.97 Å². The lowest BCUT2D eigenvalue weighted by Crippen LogP contribution is -1.98. The van der Waals surface area contributed by atoms with Crippen molar-refractivity contribution in [2.45, 2.75) is 6.92 Å². The molecule has 0 spiro atoms. The molecule has 0 saturated heterocycles. The van der Waals surface area contributed by atoms with Crippen molar-refractivity contribution in [2.24, 2.45) is 0 Å². The van der Waals surface area contributed by atoms with Crippen LogP contribution in [0.25, 0.3) is 10.6 Å². The minimum absolute atomic E-state index is 0.135. The van der Waals surface area contributed by atoms with Gasteiger partial charge in [0.25, 0.3) is 0 Å². The van der Waals surface area contributed by atoms with E-state index in [2.05, 4.69) is 4.98 Å². The van der Waals surface area contributed by atoms with E-state index in [1.807, 2.05) is 37.3 Å². The SMILES string of the molecule is Cc1ccccc1-c1nc(C(=O)O)c(C#N)s1. The number of benzene rings is 1. The summed E-state index contributed by atoms with van der Waals surface area (Å²) in [5.41, 5.74) is 1.69. The Bertz CT molecular complexity index is 626. The maximum Gasteiger partial charge on any atom is 0.356 e. The minimum Gasteiger partial charge on any atom is -0.476 e. The van der Waals surface area contributed by atoms with Crippen molar-refractivity contribution in [1.82, 2.24) is 4.98 Å². The zero-order valence-corrected chi connectivity index (χ0v) is 9.78. The summed E-state index contributed by atoms with van der Waals surface area (Å²) in [6.45, 7) is 1.92. The molecule has 0 amide bonds. The first kappa shape index (κ1) is 11.3. The van der Waals surface area contributed by atoms with E-state index in [1.54, 1.807) is 0 Å². The summed E-state index contributed by atoms with van der Waals surface area (Å²) in [5.74, 6) is -1.17. The van der Waals surface area contributed by atoms with Crippen LogP contribution < -0.4 is 0 Å². The van der Waals surface area contributed by atoms with Gasteiger partial charge < -0.3 is 5.11 Å². The van der Waals surface area contributed by atoms with Crippen LogP contribution in [0.15, 0.2) is 24.3 Å². The lowest BCUT2D eigenvalue weighted by Gasteiger charge is -1.99. The van der Waals surface area contributed by atoms with Crippen LogP contribution in [0.5, 0.6) is 0 Å². The van der Waals surface area contributed by atoms with Crippen LogP contribution in [0.1, 0.15) is 20.9 Å². The van der Waals surface area contributed by atoms with E-state index in [0.29, 0.717) is 5.01 Å². The average Bonchev–Trinajstić information content (AvgIpc) is 2.73. The monoisotopic (exact) mass is 244 g/mol. The van der Waals surface area contributed by atoms with Gasteiger partial charge in [-0.25, -0.2) is 9.78 Å². The predicted molar refractivity (Wildman–Crippen MR) is 64.0 cm³/mol. The highest BCUT2D eigenvalue weighted by molar-refractivity contribution is 7.15. The van der Waals surface area contributed by atoms with Gasteiger partial charge in [0.1, 0.15) is 16.0 Å². The number of carboxylic acid groups (broad SMARTS) is 1. The van der Waals surface area contributed by atoms with Crippen molar-refractivity contribution in [3.63, 3.8) is 0 Å². The summed E-state index contributed by atoms with van der Waals surface area (Å²) in [4.78, 5) is 15.0. The number of aryl methyl sites for hydroxylation is 1. The van der Waals surface area contributed by atoms with Gasteiger partial charge in [-0.15, -0.1) is 11.3 Å². The third-order valence-electron chi connectivity index (χ3n) is 2.31. The molecule has 0 atom stereocenters. The maximum absolute atomic E-state index is 10.9. The highest BCUT2D eigenvalue weighted by Crippen LogP contribution is 2.29. The zero-order valence-electron chi connectivity index (χ0n) is 8.97. The van der Waals surface area contributed by atoms with Gasteiger partial charge in [0.2, 0.25) is 0 Å². The van der Waals surface area contributed by atoms with E-state index in [-0.39, 0.29) is 10.6 Å². The molecule has 4 nitrogen and oxygen atoms in total. The molecule has 84 valence electrons. The summed E-state index contributed by atoms with van der Waals surface area (Å²) in [5, 5.41) is 18.3. The van der Waals surface area contributed by atoms with Crippen LogP contribution >= 0.6 is 11.3 Å². The second kappa shape index (κ2) is 4.36. The second-order valence-electron chi connectivity index (χ2n) is 3.43. The van der Waals surface area contributed by atoms with Crippen molar-refractivity contribution in [3.8, 4) is 16.6 Å². The molecule has 0 bridgehead atoms. The number of hydrogen-bond donors (Lipinski definition) is 1. The first-order chi connectivity index (χ1) is 8.13. The predicted octanol–water partition coefficient (Wildman–Crippen LogP) is 2.69. The van der Waals surface area contributed by atoms with Gasteiger partial charge in [-0.05, 0) is 12.5 Å². The normalized spacial score (nSPS) is 9.88. The molecule has 2 rings (SSSR count). The lowest BCUT2D eigenvalue weighted by atomic mass is 10.1. The standard InChI is InChI=1S/C12H8N2O2S/c1-7-4-2-3-5-8(7)11-14-10(12(15)16)9(6-13)17-11/h2-5H,1H3,(H,15,16). The number of thiazole rings is 1. The Balaban J connectivity index is 2.59. The average molecular weight is 244 g/mol. The molecule has 2 aromatic rings. The number of nitriles is 1. The van der Waals surface area contributed by atoms with Crippen LogP contribution in [0.4, 0.5) is 0 Å². The molecule has 0 saturated carbocycles. The molecule has 5 heteroatoms. The highest BCUT2D eigenvalue weighted by atomic mass is 32.1. The molecule has 1 aromatic carbocycles. The smallest absolute Gasteiger partial charge is 0.356 e. The number of rotatable bonds is 2. The van der Waals surface area contributed by atoms with Crippen LogP contribution in [0.3, 0.4) is 0 Å². The van der Waals surface area contributed by atoms with Gasteiger partial charge in [0.05, 0.1) is 0 Å². The van der Waals surface area contributed by atoms with Crippen molar-refractivity contribution in [1.29, 1.82) is 5.26 Å². The second-order valence-corrected chi connectivity index (χ2v) is 4.43. The molecule has 0 aliphatic rings. The van der Waals surface area contributed by atoms with Gasteiger partial charge in [-0.1, -0.05) is 24.3 Å². The summed E-state index contributed by atoms with van der Waals surface area (Å²) < 4.78 is 0.